The van der Waals surface area contributed by atoms with Crippen LogP contribution >= 0.6 is 34.7 Å². The van der Waals surface area contributed by atoms with Crippen LogP contribution in [-0.2, 0) is 17.6 Å². The smallest absolute Gasteiger partial charge is 0.226 e. The Bertz CT molecular complexity index is 1160. The largest absolute Gasteiger partial charge is 0.302 e. The number of anilines is 1. The third kappa shape index (κ3) is 5.69. The number of nitrogens with one attached hydrogen (secondary N) is 1. The van der Waals surface area contributed by atoms with Crippen molar-refractivity contribution in [2.24, 2.45) is 0 Å². The van der Waals surface area contributed by atoms with E-state index in [-0.39, 0.29) is 5.91 Å². The molecule has 1 amide bonds. The Morgan fingerprint density at radius 3 is 2.81 bits per heavy atom. The summed E-state index contributed by atoms with van der Waals surface area (Å²) in [4.78, 5) is 21.7. The van der Waals surface area contributed by atoms with Crippen LogP contribution in [0.4, 0.5) is 5.13 Å². The predicted molar refractivity (Wildman–Crippen MR) is 131 cm³/mol. The maximum atomic E-state index is 12.4. The Morgan fingerprint density at radius 2 is 2.00 bits per heavy atom. The minimum absolute atomic E-state index is 0.109. The third-order valence-electron chi connectivity index (χ3n) is 5.35. The van der Waals surface area contributed by atoms with Crippen LogP contribution in [0.3, 0.4) is 0 Å². The monoisotopic (exact) mass is 482 g/mol. The summed E-state index contributed by atoms with van der Waals surface area (Å²) in [6.07, 6.45) is 7.05. The number of nitriles is 1. The molecule has 0 aliphatic heterocycles. The molecule has 1 aromatic carbocycles. The number of benzene rings is 1. The van der Waals surface area contributed by atoms with E-state index in [4.69, 9.17) is 16.6 Å². The van der Waals surface area contributed by atoms with Crippen molar-refractivity contribution in [2.45, 2.75) is 50.0 Å². The van der Waals surface area contributed by atoms with Gasteiger partial charge in [0.2, 0.25) is 5.91 Å². The molecule has 1 N–H and O–H groups in total. The first-order valence-corrected chi connectivity index (χ1v) is 12.9. The highest BCUT2D eigenvalue weighted by Crippen LogP contribution is 2.31. The van der Waals surface area contributed by atoms with Crippen molar-refractivity contribution in [1.29, 1.82) is 5.26 Å². The van der Waals surface area contributed by atoms with Crippen molar-refractivity contribution >= 4 is 45.7 Å². The molecule has 3 aromatic rings. The Kier molecular flexibility index (Phi) is 7.80. The lowest BCUT2D eigenvalue weighted by Gasteiger charge is -2.15. The Balaban J connectivity index is 1.35. The van der Waals surface area contributed by atoms with E-state index >= 15 is 0 Å². The first-order valence-electron chi connectivity index (χ1n) is 10.7. The van der Waals surface area contributed by atoms with Crippen molar-refractivity contribution in [3.05, 3.63) is 57.6 Å². The average molecular weight is 483 g/mol. The van der Waals surface area contributed by atoms with Crippen LogP contribution in [0.1, 0.15) is 48.9 Å². The van der Waals surface area contributed by atoms with Crippen molar-refractivity contribution in [2.75, 3.05) is 11.1 Å². The van der Waals surface area contributed by atoms with Gasteiger partial charge in [0.05, 0.1) is 11.3 Å². The number of nitrogens with zero attached hydrogens (tertiary/aromatic N) is 3. The van der Waals surface area contributed by atoms with Gasteiger partial charge in [-0.25, -0.2) is 9.97 Å². The number of amides is 1. The normalized spacial score (nSPS) is 13.5. The van der Waals surface area contributed by atoms with E-state index in [2.05, 4.69) is 16.4 Å². The number of carbonyl (C=O) groups excluding carboxylic acids is 1. The quantitative estimate of drug-likeness (QED) is 0.405. The Hall–Kier alpha value is -2.40. The molecule has 1 aliphatic carbocycles. The van der Waals surface area contributed by atoms with Crippen molar-refractivity contribution in [3.8, 4) is 17.3 Å². The molecule has 2 aromatic heterocycles. The fraction of sp³-hybridized carbons (Fsp3) is 0.333. The second-order valence-electron chi connectivity index (χ2n) is 7.64. The summed E-state index contributed by atoms with van der Waals surface area (Å²) in [7, 11) is 0. The molecule has 0 fully saturated rings. The van der Waals surface area contributed by atoms with E-state index in [0.717, 1.165) is 47.7 Å². The van der Waals surface area contributed by atoms with Gasteiger partial charge in [-0.3, -0.25) is 4.79 Å². The van der Waals surface area contributed by atoms with E-state index in [1.807, 2.05) is 35.7 Å². The molecule has 0 bridgehead atoms. The maximum absolute atomic E-state index is 12.4. The standard InChI is InChI=1S/C24H23ClN4OS2/c25-19-9-6-5-8-18(19)21-15-32-24(28-21)29-22(30)11-12-31-23-17(14-26)13-16-7-3-1-2-4-10-20(16)27-23/h5-6,8-9,13,15H,1-4,7,10-12H2,(H,28,29,30). The van der Waals surface area contributed by atoms with Gasteiger partial charge in [-0.1, -0.05) is 42.6 Å². The van der Waals surface area contributed by atoms with Crippen LogP contribution < -0.4 is 5.32 Å². The van der Waals surface area contributed by atoms with Crippen molar-refractivity contribution < 1.29 is 4.79 Å². The van der Waals surface area contributed by atoms with Crippen LogP contribution in [0.5, 0.6) is 0 Å². The highest BCUT2D eigenvalue weighted by molar-refractivity contribution is 7.99. The Morgan fingerprint density at radius 1 is 1.19 bits per heavy atom. The molecule has 164 valence electrons. The number of thiazole rings is 1. The number of pyridine rings is 1. The van der Waals surface area contributed by atoms with Crippen LogP contribution in [0, 0.1) is 11.3 Å². The molecule has 8 heteroatoms. The summed E-state index contributed by atoms with van der Waals surface area (Å²) in [6.45, 7) is 0. The zero-order valence-electron chi connectivity index (χ0n) is 17.6. The molecule has 2 heterocycles. The topological polar surface area (TPSA) is 78.7 Å². The number of hydrogen-bond donors (Lipinski definition) is 1. The highest BCUT2D eigenvalue weighted by Gasteiger charge is 2.15. The van der Waals surface area contributed by atoms with Gasteiger partial charge < -0.3 is 5.32 Å². The summed E-state index contributed by atoms with van der Waals surface area (Å²) in [5, 5.41) is 16.2. The van der Waals surface area contributed by atoms with Crippen LogP contribution in [0.2, 0.25) is 5.02 Å². The fourth-order valence-corrected chi connectivity index (χ4v) is 5.58. The summed E-state index contributed by atoms with van der Waals surface area (Å²) in [5.41, 5.74) is 4.52. The number of hydrogen-bond acceptors (Lipinski definition) is 6. The zero-order chi connectivity index (χ0) is 22.3. The molecule has 32 heavy (non-hydrogen) atoms. The van der Waals surface area contributed by atoms with Gasteiger partial charge in [0, 0.05) is 33.8 Å². The number of thioether (sulfide) groups is 1. The molecular weight excluding hydrogens is 460 g/mol. The molecule has 0 unspecified atom stereocenters. The van der Waals surface area contributed by atoms with E-state index in [0.29, 0.717) is 27.9 Å². The van der Waals surface area contributed by atoms with Gasteiger partial charge >= 0.3 is 0 Å². The van der Waals surface area contributed by atoms with E-state index < -0.39 is 0 Å². The molecule has 1 aliphatic rings. The number of halogens is 1. The van der Waals surface area contributed by atoms with Crippen molar-refractivity contribution in [3.63, 3.8) is 0 Å². The molecule has 0 radical (unpaired) electrons. The van der Waals surface area contributed by atoms with Gasteiger partial charge in [0.25, 0.3) is 0 Å². The number of rotatable bonds is 6. The zero-order valence-corrected chi connectivity index (χ0v) is 20.0. The lowest BCUT2D eigenvalue weighted by atomic mass is 9.96. The first-order chi connectivity index (χ1) is 15.6. The minimum Gasteiger partial charge on any atom is -0.302 e. The maximum Gasteiger partial charge on any atom is 0.226 e. The third-order valence-corrected chi connectivity index (χ3v) is 7.43. The molecule has 5 nitrogen and oxygen atoms in total. The number of carbonyl (C=O) groups is 1. The highest BCUT2D eigenvalue weighted by atomic mass is 35.5. The van der Waals surface area contributed by atoms with Gasteiger partial charge in [-0.2, -0.15) is 5.26 Å². The van der Waals surface area contributed by atoms with Gasteiger partial charge in [0.1, 0.15) is 11.1 Å². The number of aromatic nitrogens is 2. The van der Waals surface area contributed by atoms with Crippen LogP contribution in [0.25, 0.3) is 11.3 Å². The SMILES string of the molecule is N#Cc1cc2c(nc1SCCC(=O)Nc1nc(-c3ccccc3Cl)cs1)CCCCCC2. The molecule has 0 atom stereocenters. The summed E-state index contributed by atoms with van der Waals surface area (Å²) < 4.78 is 0. The second-order valence-corrected chi connectivity index (χ2v) is 9.99. The molecule has 0 saturated heterocycles. The van der Waals surface area contributed by atoms with Crippen LogP contribution in [-0.4, -0.2) is 21.6 Å². The van der Waals surface area contributed by atoms with Gasteiger partial charge in [-0.05, 0) is 43.4 Å². The average Bonchev–Trinajstić information content (AvgIpc) is 3.23. The predicted octanol–water partition coefficient (Wildman–Crippen LogP) is 6.51. The lowest BCUT2D eigenvalue weighted by Crippen LogP contribution is -2.12. The molecule has 0 saturated carbocycles. The summed E-state index contributed by atoms with van der Waals surface area (Å²) in [6, 6.07) is 11.8. The second kappa shape index (κ2) is 11.0. The van der Waals surface area contributed by atoms with E-state index in [1.165, 1.54) is 41.5 Å². The van der Waals surface area contributed by atoms with Gasteiger partial charge in [-0.15, -0.1) is 23.1 Å². The van der Waals surface area contributed by atoms with E-state index in [9.17, 15) is 10.1 Å². The lowest BCUT2D eigenvalue weighted by molar-refractivity contribution is -0.115. The summed E-state index contributed by atoms with van der Waals surface area (Å²) in [5.74, 6) is 0.442. The fourth-order valence-electron chi connectivity index (χ4n) is 3.70. The van der Waals surface area contributed by atoms with Crippen LogP contribution in [0.15, 0.2) is 40.7 Å². The van der Waals surface area contributed by atoms with Gasteiger partial charge in [0.15, 0.2) is 5.13 Å². The number of fused-ring (bicyclic) bond motifs is 1. The molecule has 4 rings (SSSR count). The minimum atomic E-state index is -0.109. The Labute approximate surface area is 201 Å². The molecular formula is C24H23ClN4OS2. The molecule has 0 spiro atoms. The first kappa shape index (κ1) is 22.8. The van der Waals surface area contributed by atoms with Crippen molar-refractivity contribution in [1.82, 2.24) is 9.97 Å². The van der Waals surface area contributed by atoms with E-state index in [1.54, 1.807) is 0 Å². The number of aryl methyl sites for hydroxylation is 2. The summed E-state index contributed by atoms with van der Waals surface area (Å²) >= 11 is 9.08.